The average Bonchev–Trinajstić information content (AvgIpc) is 3.53. The fraction of sp³-hybridized carbons (Fsp3) is 0.516. The maximum atomic E-state index is 14.1. The van der Waals surface area contributed by atoms with Crippen molar-refractivity contribution in [1.82, 2.24) is 19.2 Å². The van der Waals surface area contributed by atoms with E-state index >= 15 is 0 Å². The molecule has 1 unspecified atom stereocenters. The summed E-state index contributed by atoms with van der Waals surface area (Å²) in [5, 5.41) is 4.47. The van der Waals surface area contributed by atoms with Gasteiger partial charge in [-0.1, -0.05) is 18.2 Å². The van der Waals surface area contributed by atoms with Gasteiger partial charge in [-0.3, -0.25) is 4.79 Å². The first-order chi connectivity index (χ1) is 18.7. The molecule has 2 aromatic heterocycles. The third kappa shape index (κ3) is 5.83. The second-order valence-electron chi connectivity index (χ2n) is 12.3. The fourth-order valence-electron chi connectivity index (χ4n) is 5.63. The summed E-state index contributed by atoms with van der Waals surface area (Å²) in [6, 6.07) is 8.59. The Morgan fingerprint density at radius 2 is 1.80 bits per heavy atom. The van der Waals surface area contributed by atoms with Crippen LogP contribution in [0.2, 0.25) is 0 Å². The average molecular weight is 553 g/mol. The van der Waals surface area contributed by atoms with E-state index in [-0.39, 0.29) is 23.6 Å². The van der Waals surface area contributed by atoms with Gasteiger partial charge in [0.2, 0.25) is 0 Å². The van der Waals surface area contributed by atoms with E-state index in [0.29, 0.717) is 24.9 Å². The number of carbonyl (C=O) groups is 2. The molecule has 1 fully saturated rings. The van der Waals surface area contributed by atoms with Crippen molar-refractivity contribution >= 4 is 12.0 Å². The molecule has 2 aliphatic rings. The standard InChI is InChI=1S/C31H38F2N4O3/c1-19-14-26(20(2)35(19)17-21-8-7-9-23(15-21)31(6,32)33)28(38)37(24-10-11-24)25-12-13-27-22(16-25)18-36(34-27)29(39)40-30(3,4)5/h7-9,14-15,18,24-25H,10-13,16-17H2,1-6H3. The molecule has 214 valence electrons. The summed E-state index contributed by atoms with van der Waals surface area (Å²) in [6.07, 6.45) is 5.28. The number of fused-ring (bicyclic) bond motifs is 1. The van der Waals surface area contributed by atoms with Crippen molar-refractivity contribution in [1.29, 1.82) is 0 Å². The molecule has 2 aliphatic carbocycles. The quantitative estimate of drug-likeness (QED) is 0.355. The Hall–Kier alpha value is -3.49. The second-order valence-corrected chi connectivity index (χ2v) is 12.3. The van der Waals surface area contributed by atoms with Crippen LogP contribution < -0.4 is 0 Å². The van der Waals surface area contributed by atoms with E-state index in [1.807, 2.05) is 56.2 Å². The highest BCUT2D eigenvalue weighted by molar-refractivity contribution is 5.96. The van der Waals surface area contributed by atoms with Gasteiger partial charge in [0.1, 0.15) is 5.60 Å². The molecule has 0 radical (unpaired) electrons. The van der Waals surface area contributed by atoms with Crippen molar-refractivity contribution < 1.29 is 23.1 Å². The number of hydrogen-bond acceptors (Lipinski definition) is 4. The van der Waals surface area contributed by atoms with Gasteiger partial charge < -0.3 is 14.2 Å². The maximum Gasteiger partial charge on any atom is 0.435 e. The normalized spacial score (nSPS) is 17.4. The molecule has 0 spiro atoms. The first kappa shape index (κ1) is 28.1. The topological polar surface area (TPSA) is 69.4 Å². The number of halogens is 2. The van der Waals surface area contributed by atoms with E-state index in [1.165, 1.54) is 16.8 Å². The Labute approximate surface area is 234 Å². The van der Waals surface area contributed by atoms with Gasteiger partial charge in [0.15, 0.2) is 0 Å². The van der Waals surface area contributed by atoms with Crippen LogP contribution in [-0.4, -0.2) is 48.9 Å². The van der Waals surface area contributed by atoms with Crippen LogP contribution in [-0.2, 0) is 30.0 Å². The van der Waals surface area contributed by atoms with Crippen molar-refractivity contribution in [2.75, 3.05) is 0 Å². The van der Waals surface area contributed by atoms with Gasteiger partial charge >= 0.3 is 6.09 Å². The molecular formula is C31H38F2N4O3. The summed E-state index contributed by atoms with van der Waals surface area (Å²) in [5.41, 5.74) is 4.37. The smallest absolute Gasteiger partial charge is 0.435 e. The Bertz CT molecular complexity index is 1440. The molecule has 0 N–H and O–H groups in total. The predicted octanol–water partition coefficient (Wildman–Crippen LogP) is 6.41. The lowest BCUT2D eigenvalue weighted by Gasteiger charge is -2.34. The summed E-state index contributed by atoms with van der Waals surface area (Å²) in [4.78, 5) is 28.6. The van der Waals surface area contributed by atoms with Crippen molar-refractivity contribution in [3.8, 4) is 0 Å². The number of rotatable bonds is 6. The number of aromatic nitrogens is 3. The van der Waals surface area contributed by atoms with Crippen LogP contribution in [0.1, 0.15) is 91.1 Å². The van der Waals surface area contributed by atoms with Crippen LogP contribution >= 0.6 is 0 Å². The van der Waals surface area contributed by atoms with E-state index in [4.69, 9.17) is 4.74 Å². The summed E-state index contributed by atoms with van der Waals surface area (Å²) < 4.78 is 36.6. The first-order valence-corrected chi connectivity index (χ1v) is 14.0. The zero-order valence-corrected chi connectivity index (χ0v) is 24.1. The summed E-state index contributed by atoms with van der Waals surface area (Å²) in [5.74, 6) is -2.91. The SMILES string of the molecule is Cc1cc(C(=O)N(C2CC2)C2CCc3nn(C(=O)OC(C)(C)C)cc3C2)c(C)n1Cc1cccc(C(C)(F)F)c1. The minimum atomic E-state index is -2.91. The zero-order chi connectivity index (χ0) is 29.0. The van der Waals surface area contributed by atoms with Crippen LogP contribution in [0.3, 0.4) is 0 Å². The Kier molecular flexibility index (Phi) is 7.13. The van der Waals surface area contributed by atoms with Gasteiger partial charge in [-0.05, 0) is 90.0 Å². The van der Waals surface area contributed by atoms with Gasteiger partial charge in [-0.2, -0.15) is 9.78 Å². The van der Waals surface area contributed by atoms with Crippen molar-refractivity contribution in [3.63, 3.8) is 0 Å². The molecule has 1 saturated carbocycles. The molecule has 0 saturated heterocycles. The molecule has 40 heavy (non-hydrogen) atoms. The van der Waals surface area contributed by atoms with E-state index in [9.17, 15) is 18.4 Å². The molecule has 1 aromatic carbocycles. The second kappa shape index (κ2) is 10.2. The van der Waals surface area contributed by atoms with Crippen LogP contribution in [0.5, 0.6) is 0 Å². The minimum absolute atomic E-state index is 0.00340. The van der Waals surface area contributed by atoms with Gasteiger partial charge in [-0.15, -0.1) is 0 Å². The zero-order valence-electron chi connectivity index (χ0n) is 24.1. The molecule has 0 aliphatic heterocycles. The Morgan fingerprint density at radius 3 is 2.45 bits per heavy atom. The largest absolute Gasteiger partial charge is 0.442 e. The molecule has 1 amide bonds. The van der Waals surface area contributed by atoms with Crippen LogP contribution in [0.15, 0.2) is 36.5 Å². The number of carbonyl (C=O) groups excluding carboxylic acids is 2. The fourth-order valence-corrected chi connectivity index (χ4v) is 5.63. The third-order valence-corrected chi connectivity index (χ3v) is 7.77. The van der Waals surface area contributed by atoms with E-state index < -0.39 is 17.6 Å². The maximum absolute atomic E-state index is 14.1. The highest BCUT2D eigenvalue weighted by atomic mass is 19.3. The molecule has 7 nitrogen and oxygen atoms in total. The molecule has 5 rings (SSSR count). The lowest BCUT2D eigenvalue weighted by Crippen LogP contribution is -2.45. The number of alkyl halides is 2. The molecule has 9 heteroatoms. The minimum Gasteiger partial charge on any atom is -0.442 e. The lowest BCUT2D eigenvalue weighted by molar-refractivity contribution is 0.0173. The molecule has 3 aromatic rings. The van der Waals surface area contributed by atoms with Crippen molar-refractivity contribution in [3.05, 3.63) is 75.9 Å². The predicted molar refractivity (Wildman–Crippen MR) is 148 cm³/mol. The number of benzene rings is 1. The van der Waals surface area contributed by atoms with E-state index in [0.717, 1.165) is 54.4 Å². The first-order valence-electron chi connectivity index (χ1n) is 14.0. The van der Waals surface area contributed by atoms with Gasteiger partial charge in [-0.25, -0.2) is 13.6 Å². The summed E-state index contributed by atoms with van der Waals surface area (Å²) in [6.45, 7) is 10.6. The number of ether oxygens (including phenoxy) is 1. The summed E-state index contributed by atoms with van der Waals surface area (Å²) in [7, 11) is 0. The van der Waals surface area contributed by atoms with Crippen molar-refractivity contribution in [2.24, 2.45) is 0 Å². The highest BCUT2D eigenvalue weighted by Crippen LogP contribution is 2.36. The molecule has 2 heterocycles. The van der Waals surface area contributed by atoms with Crippen LogP contribution in [0, 0.1) is 13.8 Å². The van der Waals surface area contributed by atoms with Gasteiger partial charge in [0.25, 0.3) is 11.8 Å². The van der Waals surface area contributed by atoms with E-state index in [1.54, 1.807) is 12.3 Å². The molecule has 0 bridgehead atoms. The van der Waals surface area contributed by atoms with Gasteiger partial charge in [0, 0.05) is 48.7 Å². The van der Waals surface area contributed by atoms with Gasteiger partial charge in [0.05, 0.1) is 11.3 Å². The van der Waals surface area contributed by atoms with Crippen LogP contribution in [0.25, 0.3) is 0 Å². The van der Waals surface area contributed by atoms with Crippen molar-refractivity contribution in [2.45, 2.75) is 104 Å². The lowest BCUT2D eigenvalue weighted by atomic mass is 9.91. The number of nitrogens with zero attached hydrogens (tertiary/aromatic N) is 4. The summed E-state index contributed by atoms with van der Waals surface area (Å²) >= 11 is 0. The molecular weight excluding hydrogens is 514 g/mol. The number of amides is 1. The highest BCUT2D eigenvalue weighted by Gasteiger charge is 2.40. The Morgan fingerprint density at radius 1 is 1.07 bits per heavy atom. The monoisotopic (exact) mass is 552 g/mol. The number of hydrogen-bond donors (Lipinski definition) is 0. The Balaban J connectivity index is 1.36. The third-order valence-electron chi connectivity index (χ3n) is 7.77. The van der Waals surface area contributed by atoms with Crippen LogP contribution in [0.4, 0.5) is 13.6 Å². The number of aryl methyl sites for hydroxylation is 2. The molecule has 1 atom stereocenters. The van der Waals surface area contributed by atoms with E-state index in [2.05, 4.69) is 5.10 Å².